The largest absolute Gasteiger partial charge is 0.330 e. The zero-order valence-corrected chi connectivity index (χ0v) is 7.50. The molecule has 0 spiro atoms. The molecule has 0 heterocycles. The van der Waals surface area contributed by atoms with Gasteiger partial charge in [0.2, 0.25) is 0 Å². The highest BCUT2D eigenvalue weighted by molar-refractivity contribution is 5.20. The number of rotatable bonds is 3. The Morgan fingerprint density at radius 2 is 2.00 bits per heavy atom. The van der Waals surface area contributed by atoms with Crippen LogP contribution in [0, 0.1) is 11.7 Å². The summed E-state index contributed by atoms with van der Waals surface area (Å²) in [6.07, 6.45) is -1.31. The van der Waals surface area contributed by atoms with Gasteiger partial charge in [0.05, 0.1) is 0 Å². The second kappa shape index (κ2) is 4.33. The number of halogens is 2. The molecule has 0 aromatic heterocycles. The van der Waals surface area contributed by atoms with E-state index in [2.05, 4.69) is 0 Å². The van der Waals surface area contributed by atoms with Crippen molar-refractivity contribution in [2.75, 3.05) is 6.54 Å². The van der Waals surface area contributed by atoms with Crippen LogP contribution in [0.2, 0.25) is 0 Å². The molecule has 13 heavy (non-hydrogen) atoms. The van der Waals surface area contributed by atoms with Crippen molar-refractivity contribution < 1.29 is 8.78 Å². The van der Waals surface area contributed by atoms with E-state index in [4.69, 9.17) is 5.73 Å². The van der Waals surface area contributed by atoms with Crippen molar-refractivity contribution in [2.45, 2.75) is 13.1 Å². The van der Waals surface area contributed by atoms with Crippen LogP contribution in [0.1, 0.15) is 18.7 Å². The van der Waals surface area contributed by atoms with Crippen LogP contribution in [-0.2, 0) is 0 Å². The van der Waals surface area contributed by atoms with Crippen LogP contribution >= 0.6 is 0 Å². The van der Waals surface area contributed by atoms with Crippen LogP contribution in [0.3, 0.4) is 0 Å². The Kier molecular flexibility index (Phi) is 3.37. The molecule has 2 atom stereocenters. The number of nitrogens with two attached hydrogens (primary N) is 1. The first-order valence-electron chi connectivity index (χ1n) is 4.25. The summed E-state index contributed by atoms with van der Waals surface area (Å²) in [5.41, 5.74) is 5.40. The maximum absolute atomic E-state index is 13.5. The zero-order chi connectivity index (χ0) is 9.84. The van der Waals surface area contributed by atoms with Gasteiger partial charge in [-0.1, -0.05) is 25.1 Å². The fourth-order valence-corrected chi connectivity index (χ4v) is 1.12. The second-order valence-corrected chi connectivity index (χ2v) is 3.14. The summed E-state index contributed by atoms with van der Waals surface area (Å²) >= 11 is 0. The van der Waals surface area contributed by atoms with Gasteiger partial charge in [0, 0.05) is 11.5 Å². The average Bonchev–Trinajstić information content (AvgIpc) is 2.16. The number of hydrogen-bond acceptors (Lipinski definition) is 1. The van der Waals surface area contributed by atoms with E-state index in [1.165, 1.54) is 12.1 Å². The second-order valence-electron chi connectivity index (χ2n) is 3.14. The molecule has 1 aromatic rings. The first-order valence-corrected chi connectivity index (χ1v) is 4.25. The Morgan fingerprint density at radius 1 is 1.38 bits per heavy atom. The van der Waals surface area contributed by atoms with Gasteiger partial charge in [-0.2, -0.15) is 0 Å². The summed E-state index contributed by atoms with van der Waals surface area (Å²) in [4.78, 5) is 0. The lowest BCUT2D eigenvalue weighted by atomic mass is 9.99. The molecule has 0 aliphatic heterocycles. The lowest BCUT2D eigenvalue weighted by Gasteiger charge is -2.15. The summed E-state index contributed by atoms with van der Waals surface area (Å²) in [7, 11) is 0. The molecule has 0 saturated carbocycles. The normalized spacial score (nSPS) is 15.4. The Balaban J connectivity index is 2.88. The number of benzene rings is 1. The molecule has 0 radical (unpaired) electrons. The van der Waals surface area contributed by atoms with E-state index in [9.17, 15) is 8.78 Å². The first-order chi connectivity index (χ1) is 6.16. The predicted molar refractivity (Wildman–Crippen MR) is 48.5 cm³/mol. The Bertz CT molecular complexity index is 275. The molecule has 2 N–H and O–H groups in total. The quantitative estimate of drug-likeness (QED) is 0.769. The highest BCUT2D eigenvalue weighted by atomic mass is 19.1. The van der Waals surface area contributed by atoms with Crippen LogP contribution < -0.4 is 5.73 Å². The molecular weight excluding hydrogens is 172 g/mol. The molecule has 0 fully saturated rings. The highest BCUT2D eigenvalue weighted by Crippen LogP contribution is 2.27. The Hall–Kier alpha value is -0.960. The monoisotopic (exact) mass is 185 g/mol. The molecule has 1 nitrogen and oxygen atoms in total. The van der Waals surface area contributed by atoms with E-state index in [1.807, 2.05) is 0 Å². The fourth-order valence-electron chi connectivity index (χ4n) is 1.12. The van der Waals surface area contributed by atoms with Gasteiger partial charge in [-0.3, -0.25) is 0 Å². The molecule has 0 saturated heterocycles. The van der Waals surface area contributed by atoms with Crippen molar-refractivity contribution in [3.8, 4) is 0 Å². The van der Waals surface area contributed by atoms with Gasteiger partial charge in [0.1, 0.15) is 12.0 Å². The van der Waals surface area contributed by atoms with Crippen molar-refractivity contribution in [3.05, 3.63) is 35.6 Å². The SMILES string of the molecule is CC(CN)C(F)c1ccccc1F. The highest BCUT2D eigenvalue weighted by Gasteiger charge is 2.19. The van der Waals surface area contributed by atoms with E-state index >= 15 is 0 Å². The maximum atomic E-state index is 13.5. The van der Waals surface area contributed by atoms with Crippen LogP contribution in [-0.4, -0.2) is 6.54 Å². The minimum absolute atomic E-state index is 0.0976. The van der Waals surface area contributed by atoms with E-state index in [0.29, 0.717) is 0 Å². The molecule has 1 aromatic carbocycles. The van der Waals surface area contributed by atoms with Crippen molar-refractivity contribution >= 4 is 0 Å². The third-order valence-corrected chi connectivity index (χ3v) is 2.07. The average molecular weight is 185 g/mol. The van der Waals surface area contributed by atoms with E-state index in [-0.39, 0.29) is 18.0 Å². The van der Waals surface area contributed by atoms with Gasteiger partial charge >= 0.3 is 0 Å². The van der Waals surface area contributed by atoms with Crippen LogP contribution in [0.25, 0.3) is 0 Å². The smallest absolute Gasteiger partial charge is 0.132 e. The lowest BCUT2D eigenvalue weighted by Crippen LogP contribution is -2.17. The molecule has 0 aliphatic carbocycles. The van der Waals surface area contributed by atoms with Crippen LogP contribution in [0.4, 0.5) is 8.78 Å². The summed E-state index contributed by atoms with van der Waals surface area (Å²) in [6.45, 7) is 1.88. The summed E-state index contributed by atoms with van der Waals surface area (Å²) in [5, 5.41) is 0. The standard InChI is InChI=1S/C10H13F2N/c1-7(6-13)10(12)8-4-2-3-5-9(8)11/h2-5,7,10H,6,13H2,1H3. The molecule has 72 valence electrons. The third kappa shape index (κ3) is 2.25. The van der Waals surface area contributed by atoms with Gasteiger partial charge in [-0.05, 0) is 12.6 Å². The van der Waals surface area contributed by atoms with Crippen LogP contribution in [0.15, 0.2) is 24.3 Å². The Morgan fingerprint density at radius 3 is 2.54 bits per heavy atom. The summed E-state index contributed by atoms with van der Waals surface area (Å²) in [6, 6.07) is 5.87. The predicted octanol–water partition coefficient (Wildman–Crippen LogP) is 2.43. The molecule has 0 bridgehead atoms. The van der Waals surface area contributed by atoms with Gasteiger partial charge in [0.15, 0.2) is 0 Å². The minimum atomic E-state index is -1.31. The number of alkyl halides is 1. The molecule has 2 unspecified atom stereocenters. The minimum Gasteiger partial charge on any atom is -0.330 e. The van der Waals surface area contributed by atoms with Gasteiger partial charge in [0.25, 0.3) is 0 Å². The van der Waals surface area contributed by atoms with E-state index < -0.39 is 12.0 Å². The number of hydrogen-bond donors (Lipinski definition) is 1. The molecule has 0 amide bonds. The van der Waals surface area contributed by atoms with E-state index in [0.717, 1.165) is 0 Å². The van der Waals surface area contributed by atoms with Crippen molar-refractivity contribution in [1.29, 1.82) is 0 Å². The molecular formula is C10H13F2N. The van der Waals surface area contributed by atoms with E-state index in [1.54, 1.807) is 19.1 Å². The van der Waals surface area contributed by atoms with Crippen molar-refractivity contribution in [1.82, 2.24) is 0 Å². The molecule has 3 heteroatoms. The van der Waals surface area contributed by atoms with Gasteiger partial charge in [-0.15, -0.1) is 0 Å². The topological polar surface area (TPSA) is 26.0 Å². The summed E-state index contributed by atoms with van der Waals surface area (Å²) < 4.78 is 26.5. The summed E-state index contributed by atoms with van der Waals surface area (Å²) in [5.74, 6) is -0.854. The van der Waals surface area contributed by atoms with Crippen molar-refractivity contribution in [2.24, 2.45) is 11.7 Å². The molecule has 0 aliphatic rings. The molecule has 1 rings (SSSR count). The Labute approximate surface area is 76.6 Å². The van der Waals surface area contributed by atoms with Gasteiger partial charge < -0.3 is 5.73 Å². The fraction of sp³-hybridized carbons (Fsp3) is 0.400. The van der Waals surface area contributed by atoms with Crippen molar-refractivity contribution in [3.63, 3.8) is 0 Å². The zero-order valence-electron chi connectivity index (χ0n) is 7.50. The third-order valence-electron chi connectivity index (χ3n) is 2.07. The maximum Gasteiger partial charge on any atom is 0.132 e. The first kappa shape index (κ1) is 10.1. The lowest BCUT2D eigenvalue weighted by molar-refractivity contribution is 0.244. The van der Waals surface area contributed by atoms with Gasteiger partial charge in [-0.25, -0.2) is 8.78 Å². The van der Waals surface area contributed by atoms with Crippen LogP contribution in [0.5, 0.6) is 0 Å².